The number of benzene rings is 2. The molecule has 2 aromatic carbocycles. The van der Waals surface area contributed by atoms with E-state index in [-0.39, 0.29) is 11.7 Å². The summed E-state index contributed by atoms with van der Waals surface area (Å²) in [5, 5.41) is 1.01. The second-order valence-electron chi connectivity index (χ2n) is 6.12. The van der Waals surface area contributed by atoms with Crippen molar-refractivity contribution in [1.82, 2.24) is 9.88 Å². The van der Waals surface area contributed by atoms with E-state index >= 15 is 0 Å². The second kappa shape index (κ2) is 6.76. The predicted octanol–water partition coefficient (Wildman–Crippen LogP) is 4.08. The van der Waals surface area contributed by atoms with Crippen molar-refractivity contribution in [3.8, 4) is 10.6 Å². The van der Waals surface area contributed by atoms with Crippen LogP contribution in [0.3, 0.4) is 0 Å². The minimum Gasteiger partial charge on any atom is -0.337 e. The molecule has 3 nitrogen and oxygen atoms in total. The molecule has 3 aromatic rings. The fourth-order valence-corrected chi connectivity index (χ4v) is 4.13. The monoisotopic (exact) mass is 352 g/mol. The highest BCUT2D eigenvalue weighted by Gasteiger charge is 2.24. The lowest BCUT2D eigenvalue weighted by Gasteiger charge is -2.26. The molecule has 1 aliphatic rings. The van der Waals surface area contributed by atoms with Gasteiger partial charge in [0.15, 0.2) is 0 Å². The molecule has 0 radical (unpaired) electrons. The molecule has 1 amide bonds. The van der Waals surface area contributed by atoms with Gasteiger partial charge in [0.2, 0.25) is 5.91 Å². The van der Waals surface area contributed by atoms with Gasteiger partial charge >= 0.3 is 0 Å². The molecule has 0 fully saturated rings. The summed E-state index contributed by atoms with van der Waals surface area (Å²) in [5.74, 6) is -0.205. The quantitative estimate of drug-likeness (QED) is 0.712. The number of amides is 1. The van der Waals surface area contributed by atoms with Gasteiger partial charge in [-0.3, -0.25) is 4.79 Å². The molecule has 126 valence electrons. The van der Waals surface area contributed by atoms with E-state index in [4.69, 9.17) is 4.98 Å². The van der Waals surface area contributed by atoms with Gasteiger partial charge in [-0.1, -0.05) is 42.5 Å². The first kappa shape index (κ1) is 16.0. The maximum Gasteiger partial charge on any atom is 0.227 e. The standard InChI is InChI=1S/C20H17FN2OS/c21-16-8-6-14(7-9-16)12-19(24)23-11-10-17-18(13-23)25-20(22-17)15-4-2-1-3-5-15/h1-9H,10-13H2. The number of rotatable bonds is 3. The number of carbonyl (C=O) groups is 1. The Kier molecular flexibility index (Phi) is 4.32. The second-order valence-corrected chi connectivity index (χ2v) is 7.21. The van der Waals surface area contributed by atoms with Crippen molar-refractivity contribution in [3.05, 3.63) is 76.5 Å². The van der Waals surface area contributed by atoms with Crippen molar-refractivity contribution in [2.45, 2.75) is 19.4 Å². The summed E-state index contributed by atoms with van der Waals surface area (Å²) in [6.45, 7) is 1.30. The lowest BCUT2D eigenvalue weighted by molar-refractivity contribution is -0.131. The lowest BCUT2D eigenvalue weighted by Crippen LogP contribution is -2.36. The molecule has 25 heavy (non-hydrogen) atoms. The first-order chi connectivity index (χ1) is 12.2. The molecule has 4 rings (SSSR count). The van der Waals surface area contributed by atoms with E-state index in [0.29, 0.717) is 19.5 Å². The Morgan fingerprint density at radius 1 is 1.12 bits per heavy atom. The summed E-state index contributed by atoms with van der Waals surface area (Å²) in [4.78, 5) is 20.3. The molecule has 1 aromatic heterocycles. The largest absolute Gasteiger partial charge is 0.337 e. The first-order valence-electron chi connectivity index (χ1n) is 8.25. The van der Waals surface area contributed by atoms with Crippen LogP contribution in [0, 0.1) is 5.82 Å². The summed E-state index contributed by atoms with van der Waals surface area (Å²) in [5.41, 5.74) is 3.06. The highest BCUT2D eigenvalue weighted by molar-refractivity contribution is 7.15. The maximum atomic E-state index is 13.0. The van der Waals surface area contributed by atoms with Crippen LogP contribution in [-0.2, 0) is 24.2 Å². The van der Waals surface area contributed by atoms with E-state index in [2.05, 4.69) is 12.1 Å². The van der Waals surface area contributed by atoms with Gasteiger partial charge in [0, 0.05) is 23.4 Å². The summed E-state index contributed by atoms with van der Waals surface area (Å²) in [6.07, 6.45) is 1.09. The predicted molar refractivity (Wildman–Crippen MR) is 96.8 cm³/mol. The van der Waals surface area contributed by atoms with Crippen molar-refractivity contribution < 1.29 is 9.18 Å². The molecule has 0 aliphatic carbocycles. The third-order valence-electron chi connectivity index (χ3n) is 4.37. The number of hydrogen-bond donors (Lipinski definition) is 0. The fraction of sp³-hybridized carbons (Fsp3) is 0.200. The van der Waals surface area contributed by atoms with Gasteiger partial charge in [0.1, 0.15) is 10.8 Å². The third-order valence-corrected chi connectivity index (χ3v) is 5.50. The van der Waals surface area contributed by atoms with Crippen molar-refractivity contribution in [3.63, 3.8) is 0 Å². The van der Waals surface area contributed by atoms with E-state index in [1.165, 1.54) is 12.1 Å². The zero-order valence-electron chi connectivity index (χ0n) is 13.6. The number of nitrogens with zero attached hydrogens (tertiary/aromatic N) is 2. The van der Waals surface area contributed by atoms with E-state index in [0.717, 1.165) is 33.1 Å². The van der Waals surface area contributed by atoms with Gasteiger partial charge in [-0.15, -0.1) is 11.3 Å². The average Bonchev–Trinajstić information content (AvgIpc) is 3.07. The Labute approximate surface area is 149 Å². The van der Waals surface area contributed by atoms with Crippen LogP contribution in [0.2, 0.25) is 0 Å². The van der Waals surface area contributed by atoms with E-state index in [1.54, 1.807) is 23.5 Å². The van der Waals surface area contributed by atoms with E-state index in [9.17, 15) is 9.18 Å². The summed E-state index contributed by atoms with van der Waals surface area (Å²) >= 11 is 1.66. The van der Waals surface area contributed by atoms with Crippen molar-refractivity contribution in [1.29, 1.82) is 0 Å². The Bertz CT molecular complexity index is 890. The zero-order chi connectivity index (χ0) is 17.2. The van der Waals surface area contributed by atoms with Gasteiger partial charge in [0.05, 0.1) is 18.7 Å². The highest BCUT2D eigenvalue weighted by atomic mass is 32.1. The SMILES string of the molecule is O=C(Cc1ccc(F)cc1)N1CCc2nc(-c3ccccc3)sc2C1. The van der Waals surface area contributed by atoms with Gasteiger partial charge in [0.25, 0.3) is 0 Å². The van der Waals surface area contributed by atoms with Crippen LogP contribution < -0.4 is 0 Å². The highest BCUT2D eigenvalue weighted by Crippen LogP contribution is 2.31. The molecular formula is C20H17FN2OS. The minimum atomic E-state index is -0.281. The number of thiazole rings is 1. The number of halogens is 1. The molecule has 0 N–H and O–H groups in total. The summed E-state index contributed by atoms with van der Waals surface area (Å²) in [6, 6.07) is 16.3. The van der Waals surface area contributed by atoms with Crippen LogP contribution >= 0.6 is 11.3 Å². The molecular weight excluding hydrogens is 335 g/mol. The van der Waals surface area contributed by atoms with Gasteiger partial charge in [-0.2, -0.15) is 0 Å². The Morgan fingerprint density at radius 3 is 2.64 bits per heavy atom. The maximum absolute atomic E-state index is 13.0. The molecule has 0 saturated heterocycles. The Morgan fingerprint density at radius 2 is 1.88 bits per heavy atom. The van der Waals surface area contributed by atoms with Crippen LogP contribution in [-0.4, -0.2) is 22.3 Å². The smallest absolute Gasteiger partial charge is 0.227 e. The van der Waals surface area contributed by atoms with Crippen LogP contribution in [0.1, 0.15) is 16.1 Å². The van der Waals surface area contributed by atoms with Crippen LogP contribution in [0.15, 0.2) is 54.6 Å². The number of fused-ring (bicyclic) bond motifs is 1. The lowest BCUT2D eigenvalue weighted by atomic mass is 10.1. The van der Waals surface area contributed by atoms with Crippen LogP contribution in [0.5, 0.6) is 0 Å². The molecule has 0 atom stereocenters. The molecule has 5 heteroatoms. The Hall–Kier alpha value is -2.53. The van der Waals surface area contributed by atoms with Crippen LogP contribution in [0.25, 0.3) is 10.6 Å². The topological polar surface area (TPSA) is 33.2 Å². The zero-order valence-corrected chi connectivity index (χ0v) is 14.4. The fourth-order valence-electron chi connectivity index (χ4n) is 3.00. The minimum absolute atomic E-state index is 0.0759. The normalized spacial score (nSPS) is 13.6. The molecule has 0 spiro atoms. The third kappa shape index (κ3) is 3.46. The van der Waals surface area contributed by atoms with E-state index < -0.39 is 0 Å². The van der Waals surface area contributed by atoms with Gasteiger partial charge < -0.3 is 4.90 Å². The van der Waals surface area contributed by atoms with Crippen LogP contribution in [0.4, 0.5) is 4.39 Å². The first-order valence-corrected chi connectivity index (χ1v) is 9.07. The van der Waals surface area contributed by atoms with Crippen molar-refractivity contribution in [2.24, 2.45) is 0 Å². The summed E-state index contributed by atoms with van der Waals surface area (Å²) < 4.78 is 13.0. The molecule has 1 aliphatic heterocycles. The number of hydrogen-bond acceptors (Lipinski definition) is 3. The summed E-state index contributed by atoms with van der Waals surface area (Å²) in [7, 11) is 0. The molecule has 0 saturated carbocycles. The number of carbonyl (C=O) groups excluding carboxylic acids is 1. The van der Waals surface area contributed by atoms with Gasteiger partial charge in [-0.25, -0.2) is 9.37 Å². The van der Waals surface area contributed by atoms with Gasteiger partial charge in [-0.05, 0) is 17.7 Å². The van der Waals surface area contributed by atoms with E-state index in [1.807, 2.05) is 23.1 Å². The average molecular weight is 352 g/mol. The molecule has 0 unspecified atom stereocenters. The van der Waals surface area contributed by atoms with Crippen molar-refractivity contribution in [2.75, 3.05) is 6.54 Å². The Balaban J connectivity index is 1.48. The van der Waals surface area contributed by atoms with Crippen molar-refractivity contribution >= 4 is 17.2 Å². The molecule has 2 heterocycles. The number of aromatic nitrogens is 1. The molecule has 0 bridgehead atoms.